The fraction of sp³-hybridized carbons (Fsp3) is 0.214. The van der Waals surface area contributed by atoms with Crippen molar-refractivity contribution in [1.82, 2.24) is 0 Å². The average molecular weight is 419 g/mol. The van der Waals surface area contributed by atoms with Gasteiger partial charge in [0.2, 0.25) is 0 Å². The van der Waals surface area contributed by atoms with Crippen molar-refractivity contribution in [2.45, 2.75) is 32.6 Å². The second-order valence-electron chi connectivity index (χ2n) is 16.2. The third kappa shape index (κ3) is 1.71. The molecule has 0 nitrogen and oxygen atoms in total. The molecule has 1 heteroatoms. The molecule has 0 saturated carbocycles. The van der Waals surface area contributed by atoms with Gasteiger partial charge in [0.25, 0.3) is 0 Å². The van der Waals surface area contributed by atoms with Gasteiger partial charge < -0.3 is 0 Å². The van der Waals surface area contributed by atoms with E-state index in [0.29, 0.717) is 0 Å². The van der Waals surface area contributed by atoms with E-state index in [0.717, 1.165) is 6.42 Å². The Morgan fingerprint density at radius 2 is 0.862 bits per heavy atom. The second kappa shape index (κ2) is 3.80. The molecule has 29 heavy (non-hydrogen) atoms. The molecule has 0 fully saturated rings. The van der Waals surface area contributed by atoms with Gasteiger partial charge in [-0.25, -0.2) is 0 Å². The summed E-state index contributed by atoms with van der Waals surface area (Å²) >= 11 is 0. The molecule has 0 unspecified atom stereocenters. The topological polar surface area (TPSA) is 0 Å². The second-order valence-corrected chi connectivity index (χ2v) is 53.5. The van der Waals surface area contributed by atoms with Crippen molar-refractivity contribution >= 4 is 11.6 Å². The molecule has 3 aromatic rings. The van der Waals surface area contributed by atoms with E-state index in [1.165, 1.54) is 15.5 Å². The van der Waals surface area contributed by atoms with Gasteiger partial charge in [-0.2, -0.15) is 0 Å². The van der Waals surface area contributed by atoms with Crippen LogP contribution < -0.4 is 11.6 Å². The minimum absolute atomic E-state index is 0.943. The summed E-state index contributed by atoms with van der Waals surface area (Å²) in [6.07, 6.45) is 7.90. The van der Waals surface area contributed by atoms with Gasteiger partial charge in [-0.15, -0.1) is 0 Å². The van der Waals surface area contributed by atoms with E-state index in [1.54, 1.807) is 0 Å². The summed E-state index contributed by atoms with van der Waals surface area (Å²) in [5, 5.41) is 13.1. The van der Waals surface area contributed by atoms with Crippen LogP contribution in [0.1, 0.15) is 6.42 Å². The van der Waals surface area contributed by atoms with Crippen molar-refractivity contribution in [1.29, 1.82) is 0 Å². The van der Waals surface area contributed by atoms with E-state index in [-0.39, 0.29) is 0 Å². The number of hydrogen-bond donors (Lipinski definition) is 0. The summed E-state index contributed by atoms with van der Waals surface area (Å²) in [5.41, 5.74) is 0. The third-order valence-electron chi connectivity index (χ3n) is 10.8. The molecular formula is C28H35Ti. The van der Waals surface area contributed by atoms with E-state index < -0.39 is 10.2 Å². The first-order valence-corrected chi connectivity index (χ1v) is 21.9. The minimum atomic E-state index is -6.07. The molecule has 0 bridgehead atoms. The summed E-state index contributed by atoms with van der Waals surface area (Å²) in [7, 11) is -6.07. The third-order valence-corrected chi connectivity index (χ3v) is 37.0. The van der Waals surface area contributed by atoms with Crippen molar-refractivity contribution in [3.8, 4) is 0 Å². The van der Waals surface area contributed by atoms with Crippen LogP contribution in [0.2, 0.25) is 26.1 Å². The molecule has 0 radical (unpaired) electrons. The van der Waals surface area contributed by atoms with E-state index in [1.807, 2.05) is 0 Å². The van der Waals surface area contributed by atoms with Crippen LogP contribution in [-0.2, 0) is 10.2 Å². The van der Waals surface area contributed by atoms with Gasteiger partial charge in [0.1, 0.15) is 0 Å². The van der Waals surface area contributed by atoms with E-state index in [9.17, 15) is 0 Å². The Balaban J connectivity index is 2.59. The van der Waals surface area contributed by atoms with Gasteiger partial charge in [-0.3, -0.25) is 0 Å². The Labute approximate surface area is 167 Å². The number of benzene rings is 3. The average Bonchev–Trinajstić information content (AvgIpc) is 3.28. The van der Waals surface area contributed by atoms with Crippen LogP contribution in [0, 0.1) is 0 Å². The van der Waals surface area contributed by atoms with Crippen LogP contribution in [0.15, 0.2) is 113 Å². The Hall–Kier alpha value is -2.15. The van der Waals surface area contributed by atoms with Crippen molar-refractivity contribution in [3.05, 3.63) is 113 Å². The molecule has 0 saturated heterocycles. The summed E-state index contributed by atoms with van der Waals surface area (Å²) in [6, 6.07) is 33.8. The van der Waals surface area contributed by atoms with E-state index in [2.05, 4.69) is 135 Å². The first-order chi connectivity index (χ1) is 13.2. The van der Waals surface area contributed by atoms with Gasteiger partial charge >= 0.3 is 167 Å². The van der Waals surface area contributed by atoms with Crippen LogP contribution in [0.3, 0.4) is 0 Å². The normalized spacial score (nSPS) is 21.4. The summed E-state index contributed by atoms with van der Waals surface area (Å²) in [4.78, 5) is 0. The monoisotopic (exact) mass is 419 g/mol. The SMILES string of the molecule is [CH3][Ti]([CH3])([CH3])([CH3])([CH3])([C]1=CC=CC1)([c]1ccccc1)([c]1ccccc1)[c]1ccccc1. The number of rotatable bonds is 4. The van der Waals surface area contributed by atoms with Crippen LogP contribution >= 0.6 is 0 Å². The number of allylic oxidation sites excluding steroid dienone is 4. The fourth-order valence-electron chi connectivity index (χ4n) is 7.27. The molecule has 3 aromatic carbocycles. The Kier molecular flexibility index (Phi) is 2.64. The van der Waals surface area contributed by atoms with E-state index in [4.69, 9.17) is 0 Å². The maximum absolute atomic E-state index is 6.07. The maximum atomic E-state index is 2.62. The molecule has 4 rings (SSSR count). The summed E-state index contributed by atoms with van der Waals surface area (Å²) in [5.74, 6) is 0. The van der Waals surface area contributed by atoms with Crippen LogP contribution in [0.5, 0.6) is 0 Å². The van der Waals surface area contributed by atoms with Crippen molar-refractivity contribution in [3.63, 3.8) is 0 Å². The first-order valence-electron chi connectivity index (χ1n) is 10.9. The van der Waals surface area contributed by atoms with Crippen LogP contribution in [-0.4, -0.2) is 0 Å². The van der Waals surface area contributed by atoms with Gasteiger partial charge in [-0.1, -0.05) is 0 Å². The molecule has 0 N–H and O–H groups in total. The molecule has 0 aromatic heterocycles. The van der Waals surface area contributed by atoms with Crippen LogP contribution in [0.25, 0.3) is 0 Å². The molecule has 0 atom stereocenters. The Bertz CT molecular complexity index is 1140. The standard InChI is InChI=1S/3C6H5.C5H5.5CH3.Ti/c3*1-2-4-6-5-3-1;1-2-4-5-3-1;;;;;;/h3*1-5H;1-3H,4H2;5*1H3;. The summed E-state index contributed by atoms with van der Waals surface area (Å²) < 4.78 is 5.66. The van der Waals surface area contributed by atoms with Crippen molar-refractivity contribution < 1.29 is 10.2 Å². The van der Waals surface area contributed by atoms with Crippen molar-refractivity contribution in [2.75, 3.05) is 0 Å². The van der Waals surface area contributed by atoms with Gasteiger partial charge in [0.15, 0.2) is 0 Å². The zero-order chi connectivity index (χ0) is 21.1. The predicted molar refractivity (Wildman–Crippen MR) is 129 cm³/mol. The zero-order valence-electron chi connectivity index (χ0n) is 18.6. The van der Waals surface area contributed by atoms with Gasteiger partial charge in [-0.05, 0) is 0 Å². The van der Waals surface area contributed by atoms with Crippen LogP contribution in [0.4, 0.5) is 0 Å². The molecule has 0 amide bonds. The molecule has 0 spiro atoms. The fourth-order valence-corrected chi connectivity index (χ4v) is 25.7. The Morgan fingerprint density at radius 3 is 1.14 bits per heavy atom. The number of hydrogen-bond acceptors (Lipinski definition) is 0. The van der Waals surface area contributed by atoms with E-state index >= 15 is 0 Å². The molecule has 151 valence electrons. The molecule has 1 aliphatic rings. The van der Waals surface area contributed by atoms with Gasteiger partial charge in [0, 0.05) is 0 Å². The van der Waals surface area contributed by atoms with Gasteiger partial charge in [0.05, 0.1) is 0 Å². The zero-order valence-corrected chi connectivity index (χ0v) is 20.2. The van der Waals surface area contributed by atoms with Crippen molar-refractivity contribution in [2.24, 2.45) is 0 Å². The molecule has 0 aliphatic heterocycles. The Morgan fingerprint density at radius 1 is 0.517 bits per heavy atom. The predicted octanol–water partition coefficient (Wildman–Crippen LogP) is 6.88. The molecule has 1 aliphatic carbocycles. The molecule has 0 heterocycles. The molecular weight excluding hydrogens is 384 g/mol. The summed E-state index contributed by atoms with van der Waals surface area (Å²) in [6.45, 7) is 0. The quantitative estimate of drug-likeness (QED) is 0.405. The first kappa shape index (κ1) is 20.1.